The zero-order chi connectivity index (χ0) is 13.4. The van der Waals surface area contributed by atoms with Crippen LogP contribution >= 0.6 is 27.5 Å². The van der Waals surface area contributed by atoms with Crippen LogP contribution in [0, 0.1) is 12.3 Å². The van der Waals surface area contributed by atoms with E-state index >= 15 is 0 Å². The van der Waals surface area contributed by atoms with E-state index in [-0.39, 0.29) is 17.6 Å². The standard InChI is InChI=1S/C15H20BrClO/c1-3-5-6-11-15-13(17)9-7-8-10-14(18-15)12(16)4-2/h1,5-8,12-15H,4,9-11H2,2H3/b6-5+,8-7-/t12-,13+,14+,15+/m1/s1. The fraction of sp³-hybridized carbons (Fsp3) is 0.600. The summed E-state index contributed by atoms with van der Waals surface area (Å²) in [6.07, 6.45) is 17.0. The van der Waals surface area contributed by atoms with Crippen molar-refractivity contribution >= 4 is 27.5 Å². The van der Waals surface area contributed by atoms with E-state index in [1.165, 1.54) is 0 Å². The summed E-state index contributed by atoms with van der Waals surface area (Å²) >= 11 is 10.1. The Morgan fingerprint density at radius 1 is 1.56 bits per heavy atom. The fourth-order valence-corrected chi connectivity index (χ4v) is 2.55. The first-order chi connectivity index (χ1) is 8.69. The van der Waals surface area contributed by atoms with Crippen molar-refractivity contribution in [1.82, 2.24) is 0 Å². The molecule has 0 aromatic carbocycles. The van der Waals surface area contributed by atoms with Crippen molar-refractivity contribution in [3.63, 3.8) is 0 Å². The highest BCUT2D eigenvalue weighted by atomic mass is 79.9. The molecule has 0 unspecified atom stereocenters. The summed E-state index contributed by atoms with van der Waals surface area (Å²) in [6, 6.07) is 0. The molecule has 0 aliphatic carbocycles. The minimum Gasteiger partial charge on any atom is -0.372 e. The molecule has 4 atom stereocenters. The van der Waals surface area contributed by atoms with Crippen LogP contribution in [-0.4, -0.2) is 22.4 Å². The van der Waals surface area contributed by atoms with E-state index in [1.807, 2.05) is 6.08 Å². The van der Waals surface area contributed by atoms with Crippen molar-refractivity contribution in [3.8, 4) is 12.3 Å². The molecule has 18 heavy (non-hydrogen) atoms. The number of ether oxygens (including phenoxy) is 1. The Morgan fingerprint density at radius 3 is 2.94 bits per heavy atom. The molecule has 0 N–H and O–H groups in total. The van der Waals surface area contributed by atoms with Crippen LogP contribution in [-0.2, 0) is 4.74 Å². The summed E-state index contributed by atoms with van der Waals surface area (Å²) in [4.78, 5) is 0.364. The van der Waals surface area contributed by atoms with E-state index in [9.17, 15) is 0 Å². The molecule has 100 valence electrons. The van der Waals surface area contributed by atoms with Crippen LogP contribution in [0.5, 0.6) is 0 Å². The molecule has 1 aliphatic rings. The van der Waals surface area contributed by atoms with E-state index in [1.54, 1.807) is 6.08 Å². The van der Waals surface area contributed by atoms with Gasteiger partial charge in [-0.05, 0) is 31.8 Å². The molecule has 0 saturated heterocycles. The Morgan fingerprint density at radius 2 is 2.28 bits per heavy atom. The van der Waals surface area contributed by atoms with Gasteiger partial charge in [0.1, 0.15) is 0 Å². The number of allylic oxidation sites excluding steroid dienone is 2. The number of rotatable bonds is 4. The lowest BCUT2D eigenvalue weighted by molar-refractivity contribution is -0.0122. The largest absolute Gasteiger partial charge is 0.372 e. The maximum atomic E-state index is 6.37. The zero-order valence-electron chi connectivity index (χ0n) is 10.7. The van der Waals surface area contributed by atoms with Crippen LogP contribution in [0.1, 0.15) is 32.6 Å². The summed E-state index contributed by atoms with van der Waals surface area (Å²) in [5, 5.41) is 0.00281. The minimum absolute atomic E-state index is 0.00281. The average Bonchev–Trinajstić information content (AvgIpc) is 2.37. The smallest absolute Gasteiger partial charge is 0.0780 e. The van der Waals surface area contributed by atoms with Crippen molar-refractivity contribution in [3.05, 3.63) is 24.3 Å². The molecule has 0 amide bonds. The van der Waals surface area contributed by atoms with Crippen molar-refractivity contribution in [2.75, 3.05) is 0 Å². The Balaban J connectivity index is 2.69. The first kappa shape index (κ1) is 15.8. The molecule has 0 spiro atoms. The van der Waals surface area contributed by atoms with Gasteiger partial charge in [0.05, 0.1) is 17.6 Å². The highest BCUT2D eigenvalue weighted by Gasteiger charge is 2.26. The SMILES string of the molecule is C#C/C=C/C[C@@H]1O[C@H]([C@H](Br)CC)C/C=C\C[C@@H]1Cl. The van der Waals surface area contributed by atoms with Gasteiger partial charge in [-0.1, -0.05) is 47.0 Å². The fourth-order valence-electron chi connectivity index (χ4n) is 1.94. The number of terminal acetylenes is 1. The van der Waals surface area contributed by atoms with Crippen LogP contribution in [0.3, 0.4) is 0 Å². The van der Waals surface area contributed by atoms with Gasteiger partial charge in [-0.15, -0.1) is 18.0 Å². The predicted octanol–water partition coefficient (Wildman–Crippen LogP) is 4.45. The molecule has 1 rings (SSSR count). The maximum Gasteiger partial charge on any atom is 0.0780 e. The second kappa shape index (κ2) is 8.80. The van der Waals surface area contributed by atoms with Crippen molar-refractivity contribution in [2.45, 2.75) is 55.0 Å². The van der Waals surface area contributed by atoms with Crippen molar-refractivity contribution in [2.24, 2.45) is 0 Å². The van der Waals surface area contributed by atoms with Crippen LogP contribution in [0.15, 0.2) is 24.3 Å². The van der Waals surface area contributed by atoms with E-state index < -0.39 is 0 Å². The van der Waals surface area contributed by atoms with Crippen LogP contribution in [0.2, 0.25) is 0 Å². The quantitative estimate of drug-likeness (QED) is 0.420. The number of hydrogen-bond acceptors (Lipinski definition) is 1. The van der Waals surface area contributed by atoms with Gasteiger partial charge in [-0.25, -0.2) is 0 Å². The van der Waals surface area contributed by atoms with Gasteiger partial charge in [0.25, 0.3) is 0 Å². The van der Waals surface area contributed by atoms with Gasteiger partial charge >= 0.3 is 0 Å². The Labute approximate surface area is 124 Å². The van der Waals surface area contributed by atoms with Gasteiger partial charge in [-0.3, -0.25) is 0 Å². The summed E-state index contributed by atoms with van der Waals surface area (Å²) in [5.74, 6) is 2.49. The molecule has 3 heteroatoms. The maximum absolute atomic E-state index is 6.37. The van der Waals surface area contributed by atoms with Crippen LogP contribution in [0.4, 0.5) is 0 Å². The molecule has 0 radical (unpaired) electrons. The molecule has 1 nitrogen and oxygen atoms in total. The van der Waals surface area contributed by atoms with E-state index in [2.05, 4.69) is 40.9 Å². The number of alkyl halides is 2. The lowest BCUT2D eigenvalue weighted by Gasteiger charge is -2.30. The van der Waals surface area contributed by atoms with Crippen molar-refractivity contribution < 1.29 is 4.74 Å². The Kier molecular flexibility index (Phi) is 7.74. The average molecular weight is 332 g/mol. The summed E-state index contributed by atoms with van der Waals surface area (Å²) in [5.41, 5.74) is 0. The molecule has 1 heterocycles. The Hall–Kier alpha value is -0.230. The van der Waals surface area contributed by atoms with Crippen LogP contribution < -0.4 is 0 Å². The molecule has 1 aliphatic heterocycles. The van der Waals surface area contributed by atoms with Gasteiger partial charge in [0.2, 0.25) is 0 Å². The second-order valence-corrected chi connectivity index (χ2v) is 6.14. The minimum atomic E-state index is 0.00281. The zero-order valence-corrected chi connectivity index (χ0v) is 13.0. The third-order valence-electron chi connectivity index (χ3n) is 3.03. The third-order valence-corrected chi connectivity index (χ3v) is 4.72. The van der Waals surface area contributed by atoms with E-state index in [4.69, 9.17) is 22.8 Å². The number of halogens is 2. The van der Waals surface area contributed by atoms with Gasteiger partial charge in [0, 0.05) is 4.83 Å². The Bertz CT molecular complexity index is 332. The van der Waals surface area contributed by atoms with Crippen LogP contribution in [0.25, 0.3) is 0 Å². The van der Waals surface area contributed by atoms with Gasteiger partial charge in [-0.2, -0.15) is 0 Å². The highest BCUT2D eigenvalue weighted by Crippen LogP contribution is 2.26. The number of hydrogen-bond donors (Lipinski definition) is 0. The van der Waals surface area contributed by atoms with Gasteiger partial charge in [0.15, 0.2) is 0 Å². The summed E-state index contributed by atoms with van der Waals surface area (Å²) in [7, 11) is 0. The third kappa shape index (κ3) is 5.18. The molecule has 0 bridgehead atoms. The summed E-state index contributed by atoms with van der Waals surface area (Å²) in [6.45, 7) is 2.15. The molecular weight excluding hydrogens is 312 g/mol. The molecular formula is C15H20BrClO. The molecule has 0 fully saturated rings. The van der Waals surface area contributed by atoms with E-state index in [0.717, 1.165) is 25.7 Å². The van der Waals surface area contributed by atoms with Gasteiger partial charge < -0.3 is 4.74 Å². The van der Waals surface area contributed by atoms with Crippen molar-refractivity contribution in [1.29, 1.82) is 0 Å². The second-order valence-electron chi connectivity index (χ2n) is 4.40. The van der Waals surface area contributed by atoms with E-state index in [0.29, 0.717) is 4.83 Å². The molecule has 0 aromatic rings. The lowest BCUT2D eigenvalue weighted by atomic mass is 10.0. The first-order valence-corrected chi connectivity index (χ1v) is 7.74. The lowest BCUT2D eigenvalue weighted by Crippen LogP contribution is -2.34. The molecule has 0 saturated carbocycles. The summed E-state index contributed by atoms with van der Waals surface area (Å²) < 4.78 is 6.15. The highest BCUT2D eigenvalue weighted by molar-refractivity contribution is 9.09. The normalized spacial score (nSPS) is 32.4. The monoisotopic (exact) mass is 330 g/mol. The first-order valence-electron chi connectivity index (χ1n) is 6.38. The topological polar surface area (TPSA) is 9.23 Å². The molecule has 0 aromatic heterocycles. The predicted molar refractivity (Wildman–Crippen MR) is 82.3 cm³/mol.